The Labute approximate surface area is 145 Å². The summed E-state index contributed by atoms with van der Waals surface area (Å²) in [5.74, 6) is -0.604. The summed E-state index contributed by atoms with van der Waals surface area (Å²) in [6.07, 6.45) is 2.27. The average Bonchev–Trinajstić information content (AvgIpc) is 2.48. The summed E-state index contributed by atoms with van der Waals surface area (Å²) in [4.78, 5) is 25.1. The first kappa shape index (κ1) is 17.2. The Bertz CT molecular complexity index is 1120. The van der Waals surface area contributed by atoms with Crippen molar-refractivity contribution in [2.24, 2.45) is 0 Å². The maximum atomic E-state index is 12.5. The van der Waals surface area contributed by atoms with Crippen molar-refractivity contribution in [1.29, 1.82) is 0 Å². The van der Waals surface area contributed by atoms with E-state index in [1.807, 2.05) is 0 Å². The maximum Gasteiger partial charge on any atom is 0.343 e. The van der Waals surface area contributed by atoms with Gasteiger partial charge in [0.15, 0.2) is 22.7 Å². The highest BCUT2D eigenvalue weighted by Gasteiger charge is 2.52. The van der Waals surface area contributed by atoms with E-state index in [2.05, 4.69) is 0 Å². The van der Waals surface area contributed by atoms with E-state index in [4.69, 9.17) is 8.83 Å². The molecule has 0 spiro atoms. The van der Waals surface area contributed by atoms with E-state index in [1.165, 1.54) is 27.7 Å². The SMILES string of the molecule is CC1(O)C=c2c(=O)oc3c4c(c(=O)oc(c24)C1(C)O)=CC(C)(O)C3(C)O. The van der Waals surface area contributed by atoms with Crippen LogP contribution in [0.5, 0.6) is 0 Å². The van der Waals surface area contributed by atoms with Crippen molar-refractivity contribution in [2.45, 2.75) is 50.1 Å². The molecule has 0 aromatic carbocycles. The molecule has 8 nitrogen and oxygen atoms in total. The van der Waals surface area contributed by atoms with E-state index in [-0.39, 0.29) is 32.7 Å². The highest BCUT2D eigenvalue weighted by molar-refractivity contribution is 5.91. The minimum atomic E-state index is -2.02. The summed E-state index contributed by atoms with van der Waals surface area (Å²) in [5.41, 5.74) is -9.67. The van der Waals surface area contributed by atoms with Crippen LogP contribution < -0.4 is 21.7 Å². The Morgan fingerprint density at radius 1 is 0.692 bits per heavy atom. The van der Waals surface area contributed by atoms with Gasteiger partial charge in [-0.25, -0.2) is 9.59 Å². The standard InChI is InChI=1S/C18H18O8/c1-15(21)5-7-9-10-8(14(20)25-11(9)17(15,3)23)6-16(2,22)18(4,24)12(10)26-13(7)19/h5-6,21-24H,1-4H3. The molecule has 2 aliphatic rings. The molecule has 138 valence electrons. The lowest BCUT2D eigenvalue weighted by molar-refractivity contribution is -0.114. The summed E-state index contributed by atoms with van der Waals surface area (Å²) in [6, 6.07) is 0. The second-order valence-corrected chi connectivity index (χ2v) is 7.74. The molecule has 4 atom stereocenters. The van der Waals surface area contributed by atoms with Gasteiger partial charge in [-0.2, -0.15) is 0 Å². The molecule has 0 saturated heterocycles. The molecule has 2 aromatic heterocycles. The Kier molecular flexibility index (Phi) is 2.87. The number of rotatable bonds is 0. The fourth-order valence-corrected chi connectivity index (χ4v) is 3.59. The van der Waals surface area contributed by atoms with Gasteiger partial charge < -0.3 is 29.3 Å². The molecule has 2 aliphatic carbocycles. The van der Waals surface area contributed by atoms with Crippen molar-refractivity contribution in [3.05, 3.63) is 42.8 Å². The van der Waals surface area contributed by atoms with E-state index in [9.17, 15) is 30.0 Å². The Hall–Kier alpha value is -2.26. The van der Waals surface area contributed by atoms with Crippen LogP contribution in [0.25, 0.3) is 22.9 Å². The first-order chi connectivity index (χ1) is 11.7. The molecule has 0 aliphatic heterocycles. The predicted molar refractivity (Wildman–Crippen MR) is 89.6 cm³/mol. The molecule has 0 bridgehead atoms. The lowest BCUT2D eigenvalue weighted by Gasteiger charge is -2.40. The molecule has 4 unspecified atom stereocenters. The van der Waals surface area contributed by atoms with Crippen LogP contribution in [0.15, 0.2) is 18.4 Å². The van der Waals surface area contributed by atoms with Crippen LogP contribution in [-0.4, -0.2) is 31.6 Å². The van der Waals surface area contributed by atoms with Crippen LogP contribution in [0.1, 0.15) is 39.2 Å². The normalized spacial score (nSPS) is 38.0. The minimum absolute atomic E-state index is 0.0643. The first-order valence-electron chi connectivity index (χ1n) is 8.02. The van der Waals surface area contributed by atoms with Crippen LogP contribution in [-0.2, 0) is 11.2 Å². The third-order valence-corrected chi connectivity index (χ3v) is 5.78. The first-order valence-corrected chi connectivity index (χ1v) is 8.02. The van der Waals surface area contributed by atoms with Gasteiger partial charge in [-0.3, -0.25) is 0 Å². The molecular formula is C18H18O8. The summed E-state index contributed by atoms with van der Waals surface area (Å²) in [5, 5.41) is 42.7. The molecule has 8 heteroatoms. The van der Waals surface area contributed by atoms with Gasteiger partial charge in [-0.1, -0.05) is 0 Å². The number of hydrogen-bond acceptors (Lipinski definition) is 8. The monoisotopic (exact) mass is 362 g/mol. The molecule has 0 saturated carbocycles. The van der Waals surface area contributed by atoms with E-state index >= 15 is 0 Å². The quantitative estimate of drug-likeness (QED) is 0.432. The molecule has 0 radical (unpaired) electrons. The van der Waals surface area contributed by atoms with Gasteiger partial charge in [-0.05, 0) is 39.8 Å². The van der Waals surface area contributed by atoms with Crippen molar-refractivity contribution in [2.75, 3.05) is 0 Å². The van der Waals surface area contributed by atoms with Gasteiger partial charge in [-0.15, -0.1) is 0 Å². The van der Waals surface area contributed by atoms with Gasteiger partial charge in [0.25, 0.3) is 0 Å². The number of aliphatic hydroxyl groups is 4. The Morgan fingerprint density at radius 3 is 1.31 bits per heavy atom. The molecule has 26 heavy (non-hydrogen) atoms. The topological polar surface area (TPSA) is 141 Å². The van der Waals surface area contributed by atoms with Crippen molar-refractivity contribution >= 4 is 22.9 Å². The lowest BCUT2D eigenvalue weighted by Crippen LogP contribution is -2.56. The summed E-state index contributed by atoms with van der Waals surface area (Å²) < 4.78 is 10.5. The van der Waals surface area contributed by atoms with Gasteiger partial charge >= 0.3 is 11.3 Å². The molecule has 2 aromatic rings. The average molecular weight is 362 g/mol. The molecule has 0 fully saturated rings. The van der Waals surface area contributed by atoms with E-state index < -0.39 is 33.7 Å². The second kappa shape index (κ2) is 4.34. The van der Waals surface area contributed by atoms with E-state index in [1.54, 1.807) is 0 Å². The summed E-state index contributed by atoms with van der Waals surface area (Å²) in [7, 11) is 0. The molecule has 4 N–H and O–H groups in total. The predicted octanol–water partition coefficient (Wildman–Crippen LogP) is -1.75. The fraction of sp³-hybridized carbons (Fsp3) is 0.444. The summed E-state index contributed by atoms with van der Waals surface area (Å²) in [6.45, 7) is 5.04. The third-order valence-electron chi connectivity index (χ3n) is 5.78. The van der Waals surface area contributed by atoms with Gasteiger partial charge in [0.2, 0.25) is 0 Å². The van der Waals surface area contributed by atoms with E-state index in [0.29, 0.717) is 0 Å². The van der Waals surface area contributed by atoms with Gasteiger partial charge in [0.1, 0.15) is 11.2 Å². The summed E-state index contributed by atoms with van der Waals surface area (Å²) >= 11 is 0. The Morgan fingerprint density at radius 2 is 1.00 bits per heavy atom. The van der Waals surface area contributed by atoms with Crippen LogP contribution in [0, 0.1) is 0 Å². The largest absolute Gasteiger partial charge is 0.423 e. The zero-order valence-electron chi connectivity index (χ0n) is 14.6. The van der Waals surface area contributed by atoms with E-state index in [0.717, 1.165) is 12.2 Å². The zero-order chi connectivity index (χ0) is 19.4. The number of hydrogen-bond donors (Lipinski definition) is 4. The van der Waals surface area contributed by atoms with Crippen LogP contribution >= 0.6 is 0 Å². The smallest absolute Gasteiger partial charge is 0.343 e. The maximum absolute atomic E-state index is 12.5. The minimum Gasteiger partial charge on any atom is -0.423 e. The third kappa shape index (κ3) is 1.72. The molecule has 4 rings (SSSR count). The molecule has 2 heterocycles. The zero-order valence-corrected chi connectivity index (χ0v) is 14.6. The van der Waals surface area contributed by atoms with Crippen molar-refractivity contribution < 1.29 is 29.3 Å². The lowest BCUT2D eigenvalue weighted by atomic mass is 9.74. The van der Waals surface area contributed by atoms with Crippen LogP contribution in [0.4, 0.5) is 0 Å². The van der Waals surface area contributed by atoms with Crippen LogP contribution in [0.2, 0.25) is 0 Å². The fourth-order valence-electron chi connectivity index (χ4n) is 3.59. The van der Waals surface area contributed by atoms with Crippen molar-refractivity contribution in [1.82, 2.24) is 0 Å². The van der Waals surface area contributed by atoms with Crippen molar-refractivity contribution in [3.63, 3.8) is 0 Å². The van der Waals surface area contributed by atoms with Gasteiger partial charge in [0.05, 0.1) is 10.4 Å². The van der Waals surface area contributed by atoms with Crippen molar-refractivity contribution in [3.8, 4) is 0 Å². The highest BCUT2D eigenvalue weighted by atomic mass is 16.4. The molecular weight excluding hydrogens is 344 g/mol. The van der Waals surface area contributed by atoms with Gasteiger partial charge in [0, 0.05) is 10.8 Å². The highest BCUT2D eigenvalue weighted by Crippen LogP contribution is 2.42. The molecule has 0 amide bonds. The second-order valence-electron chi connectivity index (χ2n) is 7.74. The Balaban J connectivity index is 2.44. The van der Waals surface area contributed by atoms with Crippen LogP contribution in [0.3, 0.4) is 0 Å².